The predicted octanol–water partition coefficient (Wildman–Crippen LogP) is 1.71. The van der Waals surface area contributed by atoms with E-state index in [1.54, 1.807) is 36.6 Å². The van der Waals surface area contributed by atoms with E-state index in [1.165, 1.54) is 4.52 Å². The Kier molecular flexibility index (Phi) is 5.84. The lowest BCUT2D eigenvalue weighted by Crippen LogP contribution is -2.26. The van der Waals surface area contributed by atoms with Gasteiger partial charge in [-0.3, -0.25) is 9.59 Å². The topological polar surface area (TPSA) is 140 Å². The molecule has 4 aromatic rings. The molecule has 0 atom stereocenters. The van der Waals surface area contributed by atoms with Crippen LogP contribution in [0.15, 0.2) is 47.1 Å². The minimum absolute atomic E-state index is 0.134. The van der Waals surface area contributed by atoms with Crippen molar-refractivity contribution < 1.29 is 14.0 Å². The van der Waals surface area contributed by atoms with E-state index in [2.05, 4.69) is 25.7 Å². The highest BCUT2D eigenvalue weighted by atomic mass is 16.3. The third-order valence-corrected chi connectivity index (χ3v) is 5.08. The minimum Gasteiger partial charge on any atom is -0.467 e. The molecule has 164 valence electrons. The van der Waals surface area contributed by atoms with Crippen molar-refractivity contribution in [1.29, 1.82) is 0 Å². The quantitative estimate of drug-likeness (QED) is 0.403. The first-order valence-electron chi connectivity index (χ1n) is 10.1. The van der Waals surface area contributed by atoms with E-state index in [0.29, 0.717) is 35.9 Å². The van der Waals surface area contributed by atoms with Gasteiger partial charge in [0.1, 0.15) is 5.76 Å². The van der Waals surface area contributed by atoms with Crippen molar-refractivity contribution in [3.8, 4) is 0 Å². The Balaban J connectivity index is 1.37. The van der Waals surface area contributed by atoms with Gasteiger partial charge in [-0.15, -0.1) is 5.10 Å². The highest BCUT2D eigenvalue weighted by Gasteiger charge is 2.15. The van der Waals surface area contributed by atoms with Crippen molar-refractivity contribution in [2.45, 2.75) is 33.4 Å². The van der Waals surface area contributed by atoms with Crippen LogP contribution in [0.4, 0.5) is 5.95 Å². The van der Waals surface area contributed by atoms with E-state index in [4.69, 9.17) is 10.2 Å². The molecule has 4 N–H and O–H groups in total. The molecule has 0 unspecified atom stereocenters. The molecule has 4 rings (SSSR count). The summed E-state index contributed by atoms with van der Waals surface area (Å²) in [6, 6.07) is 10.7. The fraction of sp³-hybridized carbons (Fsp3) is 0.227. The summed E-state index contributed by atoms with van der Waals surface area (Å²) in [6.07, 6.45) is 1.70. The summed E-state index contributed by atoms with van der Waals surface area (Å²) in [6.45, 7) is 4.28. The second kappa shape index (κ2) is 8.88. The number of aryl methyl sites for hydroxylation is 2. The van der Waals surface area contributed by atoms with E-state index in [-0.39, 0.29) is 24.2 Å². The van der Waals surface area contributed by atoms with Crippen LogP contribution in [-0.2, 0) is 24.3 Å². The number of nitrogens with two attached hydrogens (primary N) is 1. The van der Waals surface area contributed by atoms with E-state index in [9.17, 15) is 9.59 Å². The Morgan fingerprint density at radius 1 is 1.09 bits per heavy atom. The number of nitrogens with zero attached hydrogens (tertiary/aromatic N) is 4. The van der Waals surface area contributed by atoms with Crippen LogP contribution in [0.3, 0.4) is 0 Å². The van der Waals surface area contributed by atoms with Crippen LogP contribution in [-0.4, -0.2) is 31.4 Å². The fourth-order valence-electron chi connectivity index (χ4n) is 3.41. The summed E-state index contributed by atoms with van der Waals surface area (Å²) in [5, 5.41) is 9.82. The van der Waals surface area contributed by atoms with Crippen LogP contribution in [0.2, 0.25) is 0 Å². The van der Waals surface area contributed by atoms with Gasteiger partial charge in [0, 0.05) is 29.1 Å². The van der Waals surface area contributed by atoms with Crippen LogP contribution in [0.25, 0.3) is 5.78 Å². The first-order chi connectivity index (χ1) is 15.4. The predicted molar refractivity (Wildman–Crippen MR) is 117 cm³/mol. The molecule has 0 aliphatic carbocycles. The van der Waals surface area contributed by atoms with Crippen LogP contribution >= 0.6 is 0 Å². The zero-order chi connectivity index (χ0) is 22.7. The van der Waals surface area contributed by atoms with Gasteiger partial charge >= 0.3 is 0 Å². The Hall–Kier alpha value is -4.21. The number of carbonyl (C=O) groups is 2. The molecule has 0 bridgehead atoms. The fourth-order valence-corrected chi connectivity index (χ4v) is 3.41. The number of anilines is 1. The van der Waals surface area contributed by atoms with Gasteiger partial charge in [0.2, 0.25) is 11.9 Å². The number of nitrogen functional groups attached to an aromatic ring is 1. The summed E-state index contributed by atoms with van der Waals surface area (Å²) >= 11 is 0. The number of fused-ring (bicyclic) bond motifs is 1. The van der Waals surface area contributed by atoms with Crippen molar-refractivity contribution in [1.82, 2.24) is 30.2 Å². The summed E-state index contributed by atoms with van der Waals surface area (Å²) in [4.78, 5) is 33.4. The summed E-state index contributed by atoms with van der Waals surface area (Å²) in [5.74, 6) is 0.831. The molecule has 3 heterocycles. The van der Waals surface area contributed by atoms with Gasteiger partial charge in [-0.05, 0) is 43.7 Å². The number of hydrogen-bond donors (Lipinski definition) is 3. The monoisotopic (exact) mass is 433 g/mol. The number of hydrogen-bond acceptors (Lipinski definition) is 7. The molecule has 10 nitrogen and oxygen atoms in total. The zero-order valence-corrected chi connectivity index (χ0v) is 17.8. The normalized spacial score (nSPS) is 10.9. The summed E-state index contributed by atoms with van der Waals surface area (Å²) < 4.78 is 6.75. The van der Waals surface area contributed by atoms with Crippen LogP contribution in [0, 0.1) is 13.8 Å². The molecule has 0 aliphatic rings. The molecule has 0 radical (unpaired) electrons. The van der Waals surface area contributed by atoms with Gasteiger partial charge in [-0.25, -0.2) is 4.98 Å². The third-order valence-electron chi connectivity index (χ3n) is 5.08. The number of amides is 2. The van der Waals surface area contributed by atoms with Crippen molar-refractivity contribution in [3.05, 3.63) is 76.5 Å². The van der Waals surface area contributed by atoms with Gasteiger partial charge in [-0.2, -0.15) is 9.50 Å². The summed E-state index contributed by atoms with van der Waals surface area (Å²) in [7, 11) is 0. The number of rotatable bonds is 7. The summed E-state index contributed by atoms with van der Waals surface area (Å²) in [5.41, 5.74) is 9.21. The first-order valence-corrected chi connectivity index (χ1v) is 10.1. The zero-order valence-electron chi connectivity index (χ0n) is 17.8. The smallest absolute Gasteiger partial charge is 0.254 e. The van der Waals surface area contributed by atoms with Crippen molar-refractivity contribution >= 4 is 23.5 Å². The minimum atomic E-state index is -0.215. The molecule has 0 aliphatic heterocycles. The van der Waals surface area contributed by atoms with Crippen molar-refractivity contribution in [2.75, 3.05) is 5.73 Å². The van der Waals surface area contributed by atoms with Gasteiger partial charge in [0.15, 0.2) is 0 Å². The average molecular weight is 433 g/mol. The third kappa shape index (κ3) is 4.59. The first kappa shape index (κ1) is 21.0. The highest BCUT2D eigenvalue weighted by molar-refractivity contribution is 5.94. The molecule has 0 spiro atoms. The van der Waals surface area contributed by atoms with Crippen molar-refractivity contribution in [2.24, 2.45) is 0 Å². The number of benzene rings is 1. The standard InChI is InChI=1S/C22H23N7O3/c1-13-18(14(2)29-22(26-13)27-21(23)28-29)10-19(30)24-11-15-5-3-6-16(9-15)20(31)25-12-17-7-4-8-32-17/h3-9H,10-12H2,1-2H3,(H2,23,28)(H,24,30)(H,25,31). The number of nitrogens with one attached hydrogen (secondary N) is 2. The van der Waals surface area contributed by atoms with E-state index < -0.39 is 0 Å². The number of aromatic nitrogens is 4. The molecule has 10 heteroatoms. The van der Waals surface area contributed by atoms with Crippen LogP contribution in [0.1, 0.15) is 38.6 Å². The van der Waals surface area contributed by atoms with Gasteiger partial charge < -0.3 is 20.8 Å². The van der Waals surface area contributed by atoms with Crippen molar-refractivity contribution in [3.63, 3.8) is 0 Å². The Morgan fingerprint density at radius 2 is 1.94 bits per heavy atom. The molecule has 1 aromatic carbocycles. The van der Waals surface area contributed by atoms with E-state index in [1.807, 2.05) is 19.9 Å². The molecule has 32 heavy (non-hydrogen) atoms. The van der Waals surface area contributed by atoms with E-state index in [0.717, 1.165) is 16.8 Å². The average Bonchev–Trinajstić information content (AvgIpc) is 3.43. The maximum atomic E-state index is 12.6. The Labute approximate surface area is 183 Å². The highest BCUT2D eigenvalue weighted by Crippen LogP contribution is 2.15. The molecule has 3 aromatic heterocycles. The van der Waals surface area contributed by atoms with Crippen LogP contribution < -0.4 is 16.4 Å². The molecule has 0 saturated heterocycles. The molecule has 2 amide bonds. The molecule has 0 saturated carbocycles. The number of carbonyl (C=O) groups excluding carboxylic acids is 2. The molecule has 0 fully saturated rings. The van der Waals surface area contributed by atoms with Gasteiger partial charge in [0.05, 0.1) is 19.2 Å². The SMILES string of the molecule is Cc1nc2nc(N)nn2c(C)c1CC(=O)NCc1cccc(C(=O)NCc2ccco2)c1. The lowest BCUT2D eigenvalue weighted by Gasteiger charge is -2.11. The lowest BCUT2D eigenvalue weighted by molar-refractivity contribution is -0.120. The van der Waals surface area contributed by atoms with Gasteiger partial charge in [0.25, 0.3) is 11.7 Å². The molecular weight excluding hydrogens is 410 g/mol. The second-order valence-corrected chi connectivity index (χ2v) is 7.36. The van der Waals surface area contributed by atoms with Gasteiger partial charge in [-0.1, -0.05) is 12.1 Å². The number of furan rings is 1. The second-order valence-electron chi connectivity index (χ2n) is 7.36. The van der Waals surface area contributed by atoms with E-state index >= 15 is 0 Å². The Bertz CT molecular complexity index is 1280. The van der Waals surface area contributed by atoms with Crippen LogP contribution in [0.5, 0.6) is 0 Å². The maximum absolute atomic E-state index is 12.6. The largest absolute Gasteiger partial charge is 0.467 e. The Morgan fingerprint density at radius 3 is 2.72 bits per heavy atom. The lowest BCUT2D eigenvalue weighted by atomic mass is 10.1. The molecular formula is C22H23N7O3. The maximum Gasteiger partial charge on any atom is 0.254 e.